The van der Waals surface area contributed by atoms with Crippen molar-refractivity contribution in [3.8, 4) is 0 Å². The number of aryl methyl sites for hydroxylation is 3. The number of carbonyl (C=O) groups excluding carboxylic acids is 1. The van der Waals surface area contributed by atoms with Crippen molar-refractivity contribution in [3.63, 3.8) is 0 Å². The van der Waals surface area contributed by atoms with Gasteiger partial charge in [0.2, 0.25) is 5.91 Å². The minimum atomic E-state index is 0. The monoisotopic (exact) mass is 370 g/mol. The summed E-state index contributed by atoms with van der Waals surface area (Å²) < 4.78 is 1.76. The molecule has 3 rings (SSSR count). The molecule has 1 heterocycles. The van der Waals surface area contributed by atoms with E-state index < -0.39 is 0 Å². The first-order chi connectivity index (χ1) is 10.6. The summed E-state index contributed by atoms with van der Waals surface area (Å²) in [4.78, 5) is 12.2. The van der Waals surface area contributed by atoms with Crippen LogP contribution in [0.2, 0.25) is 0 Å². The molecule has 5 nitrogen and oxygen atoms in total. The standard InChI is InChI=1S/C17H22N4O.2ClH/c1-21-11-12(10-19-21)5-8-17(22)20-16-4-2-3-13-9-14(18)6-7-15(13)16;;/h6-7,9-11,16H,2-5,8,18H2,1H3,(H,20,22);2*1H. The van der Waals surface area contributed by atoms with Gasteiger partial charge in [-0.15, -0.1) is 24.8 Å². The first kappa shape index (κ1) is 20.3. The molecule has 1 aliphatic rings. The summed E-state index contributed by atoms with van der Waals surface area (Å²) in [7, 11) is 1.88. The van der Waals surface area contributed by atoms with E-state index in [4.69, 9.17) is 5.73 Å². The number of hydrogen-bond donors (Lipinski definition) is 2. The Bertz CT molecular complexity index is 687. The zero-order valence-electron chi connectivity index (χ0n) is 13.7. The number of nitrogens with two attached hydrogens (primary N) is 1. The highest BCUT2D eigenvalue weighted by atomic mass is 35.5. The predicted molar refractivity (Wildman–Crippen MR) is 101 cm³/mol. The van der Waals surface area contributed by atoms with E-state index in [2.05, 4.69) is 16.5 Å². The van der Waals surface area contributed by atoms with Gasteiger partial charge in [0.1, 0.15) is 0 Å². The van der Waals surface area contributed by atoms with Gasteiger partial charge in [-0.2, -0.15) is 5.10 Å². The van der Waals surface area contributed by atoms with Gasteiger partial charge in [-0.3, -0.25) is 9.48 Å². The Labute approximate surface area is 154 Å². The third-order valence-electron chi connectivity index (χ3n) is 4.22. The summed E-state index contributed by atoms with van der Waals surface area (Å²) in [6.45, 7) is 0. The molecule has 0 fully saturated rings. The lowest BCUT2D eigenvalue weighted by molar-refractivity contribution is -0.121. The van der Waals surface area contributed by atoms with Crippen LogP contribution in [0.4, 0.5) is 5.69 Å². The summed E-state index contributed by atoms with van der Waals surface area (Å²) in [5.41, 5.74) is 10.2. The average Bonchev–Trinajstić information content (AvgIpc) is 2.91. The number of rotatable bonds is 4. The number of halogens is 2. The molecule has 0 radical (unpaired) electrons. The minimum absolute atomic E-state index is 0. The minimum Gasteiger partial charge on any atom is -0.399 e. The zero-order chi connectivity index (χ0) is 15.5. The van der Waals surface area contributed by atoms with Gasteiger partial charge in [0.05, 0.1) is 12.2 Å². The molecule has 132 valence electrons. The quantitative estimate of drug-likeness (QED) is 0.812. The maximum Gasteiger partial charge on any atom is 0.220 e. The van der Waals surface area contributed by atoms with E-state index in [0.717, 1.165) is 36.9 Å². The number of benzene rings is 1. The normalized spacial score (nSPS) is 15.6. The summed E-state index contributed by atoms with van der Waals surface area (Å²) in [5, 5.41) is 7.29. The third kappa shape index (κ3) is 4.89. The lowest BCUT2D eigenvalue weighted by Gasteiger charge is -2.26. The van der Waals surface area contributed by atoms with Crippen LogP contribution in [-0.4, -0.2) is 15.7 Å². The van der Waals surface area contributed by atoms with E-state index in [9.17, 15) is 4.79 Å². The van der Waals surface area contributed by atoms with Crippen molar-refractivity contribution < 1.29 is 4.79 Å². The first-order valence-corrected chi connectivity index (χ1v) is 7.77. The Morgan fingerprint density at radius 2 is 2.21 bits per heavy atom. The molecule has 1 aliphatic carbocycles. The van der Waals surface area contributed by atoms with E-state index in [-0.39, 0.29) is 36.8 Å². The molecule has 1 aromatic carbocycles. The van der Waals surface area contributed by atoms with Gasteiger partial charge < -0.3 is 11.1 Å². The van der Waals surface area contributed by atoms with Crippen LogP contribution < -0.4 is 11.1 Å². The second kappa shape index (κ2) is 8.94. The van der Waals surface area contributed by atoms with Gasteiger partial charge in [0, 0.05) is 25.4 Å². The lowest BCUT2D eigenvalue weighted by atomic mass is 9.87. The second-order valence-electron chi connectivity index (χ2n) is 5.99. The predicted octanol–water partition coefficient (Wildman–Crippen LogP) is 2.97. The number of fused-ring (bicyclic) bond motifs is 1. The maximum atomic E-state index is 12.2. The van der Waals surface area contributed by atoms with E-state index in [1.165, 1.54) is 11.1 Å². The van der Waals surface area contributed by atoms with Gasteiger partial charge >= 0.3 is 0 Å². The van der Waals surface area contributed by atoms with Crippen LogP contribution in [0.5, 0.6) is 0 Å². The van der Waals surface area contributed by atoms with Crippen LogP contribution in [0.25, 0.3) is 0 Å². The molecular weight excluding hydrogens is 347 g/mol. The molecule has 2 aromatic rings. The van der Waals surface area contributed by atoms with Crippen LogP contribution >= 0.6 is 24.8 Å². The highest BCUT2D eigenvalue weighted by Crippen LogP contribution is 2.31. The Hall–Kier alpha value is -1.72. The van der Waals surface area contributed by atoms with Crippen molar-refractivity contribution in [2.24, 2.45) is 7.05 Å². The van der Waals surface area contributed by atoms with Gasteiger partial charge in [-0.25, -0.2) is 0 Å². The molecule has 0 bridgehead atoms. The fourth-order valence-corrected chi connectivity index (χ4v) is 3.11. The Balaban J connectivity index is 0.00000144. The highest BCUT2D eigenvalue weighted by Gasteiger charge is 2.21. The number of nitrogen functional groups attached to an aromatic ring is 1. The molecule has 0 spiro atoms. The largest absolute Gasteiger partial charge is 0.399 e. The van der Waals surface area contributed by atoms with Crippen molar-refractivity contribution >= 4 is 36.4 Å². The Kier molecular flexibility index (Phi) is 7.58. The second-order valence-corrected chi connectivity index (χ2v) is 5.99. The molecule has 1 amide bonds. The molecule has 24 heavy (non-hydrogen) atoms. The van der Waals surface area contributed by atoms with Gasteiger partial charge in [-0.1, -0.05) is 6.07 Å². The summed E-state index contributed by atoms with van der Waals surface area (Å²) in [5.74, 6) is 0.0959. The number of aromatic nitrogens is 2. The lowest BCUT2D eigenvalue weighted by Crippen LogP contribution is -2.31. The van der Waals surface area contributed by atoms with Gasteiger partial charge in [0.15, 0.2) is 0 Å². The average molecular weight is 371 g/mol. The molecular formula is C17H24Cl2N4O. The summed E-state index contributed by atoms with van der Waals surface area (Å²) in [6, 6.07) is 6.11. The number of carbonyl (C=O) groups is 1. The number of amides is 1. The molecule has 0 saturated heterocycles. The smallest absolute Gasteiger partial charge is 0.220 e. The van der Waals surface area contributed by atoms with Gasteiger partial charge in [0.25, 0.3) is 0 Å². The topological polar surface area (TPSA) is 72.9 Å². The molecule has 7 heteroatoms. The Morgan fingerprint density at radius 1 is 1.42 bits per heavy atom. The van der Waals surface area contributed by atoms with Crippen LogP contribution in [0.15, 0.2) is 30.6 Å². The van der Waals surface area contributed by atoms with Crippen molar-refractivity contribution in [3.05, 3.63) is 47.3 Å². The molecule has 0 aliphatic heterocycles. The van der Waals surface area contributed by atoms with Crippen molar-refractivity contribution in [1.82, 2.24) is 15.1 Å². The summed E-state index contributed by atoms with van der Waals surface area (Å²) in [6.07, 6.45) is 8.10. The van der Waals surface area contributed by atoms with Crippen LogP contribution in [-0.2, 0) is 24.7 Å². The number of anilines is 1. The van der Waals surface area contributed by atoms with Crippen molar-refractivity contribution in [1.29, 1.82) is 0 Å². The van der Waals surface area contributed by atoms with Gasteiger partial charge in [-0.05, 0) is 54.5 Å². The van der Waals surface area contributed by atoms with Crippen LogP contribution in [0.1, 0.15) is 42.0 Å². The number of nitrogens with one attached hydrogen (secondary N) is 1. The van der Waals surface area contributed by atoms with E-state index >= 15 is 0 Å². The fraction of sp³-hybridized carbons (Fsp3) is 0.412. The zero-order valence-corrected chi connectivity index (χ0v) is 15.3. The third-order valence-corrected chi connectivity index (χ3v) is 4.22. The molecule has 3 N–H and O–H groups in total. The number of hydrogen-bond acceptors (Lipinski definition) is 3. The van der Waals surface area contributed by atoms with E-state index in [1.807, 2.05) is 31.6 Å². The Morgan fingerprint density at radius 3 is 2.92 bits per heavy atom. The fourth-order valence-electron chi connectivity index (χ4n) is 3.11. The van der Waals surface area contributed by atoms with Crippen LogP contribution in [0, 0.1) is 0 Å². The van der Waals surface area contributed by atoms with Crippen LogP contribution in [0.3, 0.4) is 0 Å². The molecule has 1 unspecified atom stereocenters. The maximum absolute atomic E-state index is 12.2. The van der Waals surface area contributed by atoms with Crippen molar-refractivity contribution in [2.75, 3.05) is 5.73 Å². The molecule has 1 aromatic heterocycles. The first-order valence-electron chi connectivity index (χ1n) is 7.77. The SMILES string of the molecule is Cl.Cl.Cn1cc(CCC(=O)NC2CCCc3cc(N)ccc32)cn1. The summed E-state index contributed by atoms with van der Waals surface area (Å²) >= 11 is 0. The van der Waals surface area contributed by atoms with E-state index in [0.29, 0.717) is 6.42 Å². The molecule has 1 atom stereocenters. The highest BCUT2D eigenvalue weighted by molar-refractivity contribution is 5.85. The van der Waals surface area contributed by atoms with E-state index in [1.54, 1.807) is 4.68 Å². The molecule has 0 saturated carbocycles. The van der Waals surface area contributed by atoms with Crippen molar-refractivity contribution in [2.45, 2.75) is 38.1 Å². The number of nitrogens with zero attached hydrogens (tertiary/aromatic N) is 2.